The lowest BCUT2D eigenvalue weighted by molar-refractivity contribution is -0.119. The van der Waals surface area contributed by atoms with E-state index in [0.29, 0.717) is 18.2 Å². The number of ketones is 1. The van der Waals surface area contributed by atoms with E-state index in [2.05, 4.69) is 26.3 Å². The third-order valence-corrected chi connectivity index (χ3v) is 9.76. The van der Waals surface area contributed by atoms with Gasteiger partial charge in [-0.25, -0.2) is 18.4 Å². The summed E-state index contributed by atoms with van der Waals surface area (Å²) in [4.78, 5) is 26.2. The van der Waals surface area contributed by atoms with Crippen molar-refractivity contribution in [3.63, 3.8) is 0 Å². The van der Waals surface area contributed by atoms with Crippen molar-refractivity contribution in [2.24, 2.45) is 5.92 Å². The van der Waals surface area contributed by atoms with E-state index in [1.165, 1.54) is 0 Å². The molecule has 208 valence electrons. The van der Waals surface area contributed by atoms with Crippen LogP contribution in [0.15, 0.2) is 72.1 Å². The first-order valence-electron chi connectivity index (χ1n) is 13.6. The van der Waals surface area contributed by atoms with Crippen LogP contribution in [0.5, 0.6) is 0 Å². The predicted octanol–water partition coefficient (Wildman–Crippen LogP) is 5.33. The van der Waals surface area contributed by atoms with E-state index in [0.717, 1.165) is 65.4 Å². The number of hydrogen-bond acceptors (Lipinski definition) is 7. The Morgan fingerprint density at radius 1 is 0.950 bits per heavy atom. The normalized spacial score (nSPS) is 19.2. The molecule has 4 aromatic rings. The fraction of sp³-hybridized carbons (Fsp3) is 0.375. The molecule has 0 amide bonds. The molecular weight excluding hydrogens is 520 g/mol. The maximum atomic E-state index is 13.0. The number of piperidine rings is 1. The summed E-state index contributed by atoms with van der Waals surface area (Å²) in [6.45, 7) is 3.99. The van der Waals surface area contributed by atoms with Crippen molar-refractivity contribution >= 4 is 26.4 Å². The minimum atomic E-state index is -3.57. The lowest BCUT2D eigenvalue weighted by Crippen LogP contribution is -2.26. The number of benzene rings is 2. The molecule has 2 atom stereocenters. The predicted molar refractivity (Wildman–Crippen MR) is 157 cm³/mol. The van der Waals surface area contributed by atoms with E-state index >= 15 is 0 Å². The molecule has 0 radical (unpaired) electrons. The Morgan fingerprint density at radius 3 is 2.40 bits per heavy atom. The second-order valence-corrected chi connectivity index (χ2v) is 12.9. The molecule has 8 heteroatoms. The number of rotatable bonds is 8. The van der Waals surface area contributed by atoms with E-state index in [4.69, 9.17) is 0 Å². The maximum Gasteiger partial charge on any atom is 0.185 e. The summed E-state index contributed by atoms with van der Waals surface area (Å²) < 4.78 is 26.1. The van der Waals surface area contributed by atoms with Crippen molar-refractivity contribution in [2.45, 2.75) is 62.5 Å². The smallest absolute Gasteiger partial charge is 0.185 e. The molecule has 1 saturated carbocycles. The van der Waals surface area contributed by atoms with E-state index in [1.54, 1.807) is 24.5 Å². The second kappa shape index (κ2) is 11.6. The number of hydrogen-bond donors (Lipinski definition) is 1. The van der Waals surface area contributed by atoms with Crippen molar-refractivity contribution in [3.05, 3.63) is 95.3 Å². The van der Waals surface area contributed by atoms with Gasteiger partial charge in [0.15, 0.2) is 9.84 Å². The van der Waals surface area contributed by atoms with Crippen LogP contribution in [-0.4, -0.2) is 42.2 Å². The molecule has 2 fully saturated rings. The van der Waals surface area contributed by atoms with Gasteiger partial charge in [-0.2, -0.15) is 0 Å². The van der Waals surface area contributed by atoms with Crippen LogP contribution in [-0.2, 0) is 26.8 Å². The molecule has 3 heterocycles. The Kier molecular flexibility index (Phi) is 8.10. The zero-order chi connectivity index (χ0) is 27.0. The molecule has 2 aromatic carbocycles. The van der Waals surface area contributed by atoms with Gasteiger partial charge in [-0.15, -0.1) is 0 Å². The largest absolute Gasteiger partial charge is 0.317 e. The van der Waals surface area contributed by atoms with Crippen molar-refractivity contribution < 1.29 is 13.2 Å². The van der Waals surface area contributed by atoms with Gasteiger partial charge in [0, 0.05) is 42.5 Å². The van der Waals surface area contributed by atoms with Crippen LogP contribution in [0.3, 0.4) is 0 Å². The molecule has 2 aromatic heterocycles. The fourth-order valence-electron chi connectivity index (χ4n) is 5.70. The van der Waals surface area contributed by atoms with Gasteiger partial charge in [0.1, 0.15) is 17.4 Å². The van der Waals surface area contributed by atoms with E-state index in [9.17, 15) is 13.2 Å². The molecule has 1 aliphatic heterocycles. The van der Waals surface area contributed by atoms with Crippen LogP contribution in [0.1, 0.15) is 66.6 Å². The summed E-state index contributed by atoms with van der Waals surface area (Å²) >= 11 is 0. The van der Waals surface area contributed by atoms with Gasteiger partial charge in [-0.05, 0) is 90.9 Å². The molecule has 40 heavy (non-hydrogen) atoms. The summed E-state index contributed by atoms with van der Waals surface area (Å²) in [5.74, 6) is 0.861. The standard InChI is InChI=1S/C31H32N4O3S.CH4/c1-20-15-33-16-24-3-2-21(12-27(20)24)13-30(36)29-14-28(29)23-4-6-26(7-5-23)39(37,38)19-31-34-17-25(18-35-31)22-8-10-32-11-9-22;/h2-7,12,15-18,22,28-29,32H,8-11,13-14,19H2,1H3;1H4/t28-,29+;/m0./s1. The lowest BCUT2D eigenvalue weighted by Gasteiger charge is -2.22. The third kappa shape index (κ3) is 5.98. The Hall–Kier alpha value is -3.49. The Morgan fingerprint density at radius 2 is 1.68 bits per heavy atom. The first-order chi connectivity index (χ1) is 18.9. The monoisotopic (exact) mass is 556 g/mol. The summed E-state index contributed by atoms with van der Waals surface area (Å²) in [5.41, 5.74) is 4.20. The highest BCUT2D eigenvalue weighted by molar-refractivity contribution is 7.90. The van der Waals surface area contributed by atoms with Gasteiger partial charge in [-0.3, -0.25) is 9.78 Å². The van der Waals surface area contributed by atoms with Gasteiger partial charge in [-0.1, -0.05) is 37.8 Å². The number of Topliss-reactive ketones (excluding diaryl/α,β-unsaturated/α-hetero) is 1. The van der Waals surface area contributed by atoms with Gasteiger partial charge in [0.2, 0.25) is 0 Å². The topological polar surface area (TPSA) is 102 Å². The first-order valence-corrected chi connectivity index (χ1v) is 15.2. The number of fused-ring (bicyclic) bond motifs is 1. The number of aromatic nitrogens is 3. The molecule has 0 spiro atoms. The number of nitrogens with zero attached hydrogens (tertiary/aromatic N) is 3. The zero-order valence-electron chi connectivity index (χ0n) is 22.0. The number of carbonyl (C=O) groups is 1. The maximum absolute atomic E-state index is 13.0. The van der Waals surface area contributed by atoms with Gasteiger partial charge >= 0.3 is 0 Å². The first kappa shape index (κ1) is 28.1. The molecular formula is C32H36N4O3S. The average molecular weight is 557 g/mol. The van der Waals surface area contributed by atoms with Crippen LogP contribution in [0.25, 0.3) is 10.8 Å². The highest BCUT2D eigenvalue weighted by Gasteiger charge is 2.43. The zero-order valence-corrected chi connectivity index (χ0v) is 22.8. The molecule has 6 rings (SSSR count). The van der Waals surface area contributed by atoms with E-state index in [-0.39, 0.29) is 35.7 Å². The molecule has 1 saturated heterocycles. The van der Waals surface area contributed by atoms with Crippen LogP contribution >= 0.6 is 0 Å². The summed E-state index contributed by atoms with van der Waals surface area (Å²) in [6, 6.07) is 13.1. The molecule has 1 N–H and O–H groups in total. The Labute approximate surface area is 236 Å². The SMILES string of the molecule is C.Cc1cncc2ccc(CC(=O)[C@@H]3C[C@H]3c3ccc(S(=O)(=O)Cc4ncc(C5CCNCC5)cn4)cc3)cc12. The highest BCUT2D eigenvalue weighted by Crippen LogP contribution is 2.48. The number of pyridine rings is 1. The quantitative estimate of drug-likeness (QED) is 0.313. The number of nitrogens with one attached hydrogen (secondary N) is 1. The lowest BCUT2D eigenvalue weighted by atomic mass is 9.92. The van der Waals surface area contributed by atoms with Crippen LogP contribution in [0.2, 0.25) is 0 Å². The van der Waals surface area contributed by atoms with Gasteiger partial charge in [0.25, 0.3) is 0 Å². The van der Waals surface area contributed by atoms with E-state index < -0.39 is 9.84 Å². The van der Waals surface area contributed by atoms with Crippen LogP contribution < -0.4 is 5.32 Å². The number of sulfone groups is 1. The summed E-state index contributed by atoms with van der Waals surface area (Å²) in [6.07, 6.45) is 10.5. The number of aryl methyl sites for hydroxylation is 1. The minimum absolute atomic E-state index is 0. The Bertz CT molecular complexity index is 1610. The van der Waals surface area contributed by atoms with E-state index in [1.807, 2.05) is 43.6 Å². The second-order valence-electron chi connectivity index (χ2n) is 10.9. The minimum Gasteiger partial charge on any atom is -0.317 e. The van der Waals surface area contributed by atoms with Crippen molar-refractivity contribution in [1.82, 2.24) is 20.3 Å². The van der Waals surface area contributed by atoms with Gasteiger partial charge in [0.05, 0.1) is 4.90 Å². The Balaban J connectivity index is 0.00000323. The molecule has 0 unspecified atom stereocenters. The molecule has 2 aliphatic rings. The molecule has 1 aliphatic carbocycles. The highest BCUT2D eigenvalue weighted by atomic mass is 32.2. The third-order valence-electron chi connectivity index (χ3n) is 8.13. The average Bonchev–Trinajstić information content (AvgIpc) is 3.76. The van der Waals surface area contributed by atoms with Crippen molar-refractivity contribution in [3.8, 4) is 0 Å². The van der Waals surface area contributed by atoms with Gasteiger partial charge < -0.3 is 5.32 Å². The van der Waals surface area contributed by atoms with Crippen LogP contribution in [0, 0.1) is 12.8 Å². The summed E-state index contributed by atoms with van der Waals surface area (Å²) in [5, 5.41) is 5.55. The van der Waals surface area contributed by atoms with Crippen molar-refractivity contribution in [1.29, 1.82) is 0 Å². The molecule has 0 bridgehead atoms. The van der Waals surface area contributed by atoms with Crippen molar-refractivity contribution in [2.75, 3.05) is 13.1 Å². The summed E-state index contributed by atoms with van der Waals surface area (Å²) in [7, 11) is -3.57. The number of carbonyl (C=O) groups excluding carboxylic acids is 1. The van der Waals surface area contributed by atoms with Crippen LogP contribution in [0.4, 0.5) is 0 Å². The fourth-order valence-corrected chi connectivity index (χ4v) is 6.91. The molecule has 7 nitrogen and oxygen atoms in total.